The number of fused-ring (bicyclic) bond motifs is 2. The third-order valence-electron chi connectivity index (χ3n) is 8.73. The first-order valence-electron chi connectivity index (χ1n) is 14.6. The number of nitrogens with one attached hydrogen (secondary N) is 1. The van der Waals surface area contributed by atoms with Crippen molar-refractivity contribution in [3.63, 3.8) is 0 Å². The maximum absolute atomic E-state index is 12.5. The van der Waals surface area contributed by atoms with Gasteiger partial charge in [0, 0.05) is 51.6 Å². The van der Waals surface area contributed by atoms with Crippen LogP contribution in [0.4, 0.5) is 5.69 Å². The van der Waals surface area contributed by atoms with E-state index >= 15 is 0 Å². The Balaban J connectivity index is 1.46. The van der Waals surface area contributed by atoms with Crippen LogP contribution in [0.3, 0.4) is 0 Å². The number of nitriles is 1. The molecule has 0 radical (unpaired) electrons. The highest BCUT2D eigenvalue weighted by Gasteiger charge is 2.29. The second-order valence-corrected chi connectivity index (χ2v) is 12.1. The van der Waals surface area contributed by atoms with E-state index in [1.165, 1.54) is 6.08 Å². The summed E-state index contributed by atoms with van der Waals surface area (Å²) >= 11 is 13.7. The molecule has 4 aromatic rings. The van der Waals surface area contributed by atoms with E-state index in [2.05, 4.69) is 29.9 Å². The van der Waals surface area contributed by atoms with Gasteiger partial charge >= 0.3 is 0 Å². The number of hydrogen-bond donors (Lipinski definition) is 1. The number of aromatic nitrogens is 1. The molecule has 2 aliphatic heterocycles. The van der Waals surface area contributed by atoms with Gasteiger partial charge in [-0.2, -0.15) is 5.26 Å². The third-order valence-corrected chi connectivity index (χ3v) is 9.36. The highest BCUT2D eigenvalue weighted by molar-refractivity contribution is 6.38. The Bertz CT molecular complexity index is 1760. The second kappa shape index (κ2) is 12.4. The Morgan fingerprint density at radius 1 is 1.12 bits per heavy atom. The topological polar surface area (TPSA) is 81.5 Å². The average Bonchev–Trinajstić information content (AvgIpc) is 3.66. The highest BCUT2D eigenvalue weighted by Crippen LogP contribution is 2.42. The smallest absolute Gasteiger partial charge is 0.246 e. The first kappa shape index (κ1) is 29.3. The summed E-state index contributed by atoms with van der Waals surface area (Å²) in [5.41, 5.74) is 3.26. The second-order valence-electron chi connectivity index (χ2n) is 11.3. The van der Waals surface area contributed by atoms with E-state index in [4.69, 9.17) is 32.9 Å². The van der Waals surface area contributed by atoms with Gasteiger partial charge in [-0.05, 0) is 74.5 Å². The zero-order valence-electron chi connectivity index (χ0n) is 24.1. The summed E-state index contributed by atoms with van der Waals surface area (Å²) in [7, 11) is 2.09. The van der Waals surface area contributed by atoms with Gasteiger partial charge in [-0.25, -0.2) is 4.98 Å². The zero-order chi connectivity index (χ0) is 30.1. The quantitative estimate of drug-likeness (QED) is 0.210. The lowest BCUT2D eigenvalue weighted by molar-refractivity contribution is -0.126. The molecular weight excluding hydrogens is 581 g/mol. The summed E-state index contributed by atoms with van der Waals surface area (Å²) < 4.78 is 6.30. The van der Waals surface area contributed by atoms with Crippen molar-refractivity contribution in [3.8, 4) is 23.1 Å². The lowest BCUT2D eigenvalue weighted by Crippen LogP contribution is -2.38. The van der Waals surface area contributed by atoms with Gasteiger partial charge in [0.2, 0.25) is 11.8 Å². The molecule has 2 saturated heterocycles. The summed E-state index contributed by atoms with van der Waals surface area (Å²) in [4.78, 5) is 21.5. The standard InChI is InChI=1S/C34H33Cl2N5O2/c1-3-31(42)41-15-7-10-22(41)19-38-33-26-16-29(36)25(24-12-4-8-21-9-5-13-28(35)32(21)24)17-30(26)39-34(27(33)18-37)43-20-23-11-6-14-40(23)2/h3-5,8-9,12-13,16-17,22-23H,1,6-7,10-11,14-15,19-20H2,2H3,(H,38,39)/t22-,23-/m0/s1. The van der Waals surface area contributed by atoms with Crippen LogP contribution in [-0.4, -0.2) is 66.1 Å². The molecular formula is C34H33Cl2N5O2. The van der Waals surface area contributed by atoms with Gasteiger partial charge in [-0.15, -0.1) is 0 Å². The van der Waals surface area contributed by atoms with Crippen LogP contribution < -0.4 is 10.1 Å². The number of hydrogen-bond acceptors (Lipinski definition) is 6. The molecule has 220 valence electrons. The Labute approximate surface area is 261 Å². The minimum atomic E-state index is -0.0875. The van der Waals surface area contributed by atoms with E-state index in [0.717, 1.165) is 54.1 Å². The summed E-state index contributed by atoms with van der Waals surface area (Å²) in [5, 5.41) is 17.7. The number of likely N-dealkylation sites (N-methyl/N-ethyl adjacent to an activating group) is 1. The molecule has 1 amide bonds. The van der Waals surface area contributed by atoms with E-state index in [1.807, 2.05) is 53.4 Å². The largest absolute Gasteiger partial charge is 0.475 e. The lowest BCUT2D eigenvalue weighted by Gasteiger charge is -2.25. The van der Waals surface area contributed by atoms with Crippen LogP contribution in [0.5, 0.6) is 5.88 Å². The third kappa shape index (κ3) is 5.63. The van der Waals surface area contributed by atoms with Crippen LogP contribution in [0.1, 0.15) is 31.2 Å². The molecule has 3 heterocycles. The van der Waals surface area contributed by atoms with Crippen LogP contribution in [0.25, 0.3) is 32.8 Å². The molecule has 6 rings (SSSR count). The number of carbonyl (C=O) groups is 1. The Morgan fingerprint density at radius 3 is 2.63 bits per heavy atom. The van der Waals surface area contributed by atoms with Gasteiger partial charge in [0.05, 0.1) is 11.2 Å². The summed E-state index contributed by atoms with van der Waals surface area (Å²) in [6, 6.07) is 18.2. The number of amides is 1. The van der Waals surface area contributed by atoms with Crippen LogP contribution in [0, 0.1) is 11.3 Å². The number of ether oxygens (including phenoxy) is 1. The van der Waals surface area contributed by atoms with Crippen molar-refractivity contribution in [1.29, 1.82) is 5.26 Å². The van der Waals surface area contributed by atoms with E-state index in [9.17, 15) is 10.1 Å². The molecule has 0 aliphatic carbocycles. The Morgan fingerprint density at radius 2 is 1.88 bits per heavy atom. The van der Waals surface area contributed by atoms with E-state index in [-0.39, 0.29) is 23.9 Å². The molecule has 3 aromatic carbocycles. The first-order chi connectivity index (χ1) is 20.9. The van der Waals surface area contributed by atoms with E-state index < -0.39 is 0 Å². The lowest BCUT2D eigenvalue weighted by atomic mass is 9.96. The van der Waals surface area contributed by atoms with Gasteiger partial charge < -0.3 is 19.9 Å². The predicted octanol–water partition coefficient (Wildman–Crippen LogP) is 7.30. The van der Waals surface area contributed by atoms with Crippen LogP contribution in [-0.2, 0) is 4.79 Å². The number of halogens is 2. The van der Waals surface area contributed by atoms with Gasteiger partial charge in [0.1, 0.15) is 18.2 Å². The normalized spacial score (nSPS) is 18.7. The van der Waals surface area contributed by atoms with Crippen molar-refractivity contribution in [2.45, 2.75) is 37.8 Å². The molecule has 0 spiro atoms. The fourth-order valence-electron chi connectivity index (χ4n) is 6.42. The van der Waals surface area contributed by atoms with Crippen LogP contribution >= 0.6 is 23.2 Å². The maximum Gasteiger partial charge on any atom is 0.246 e. The number of rotatable bonds is 8. The SMILES string of the molecule is C=CC(=O)N1CCC[C@H]1CNc1c(C#N)c(OC[C@@H]2CCCN2C)nc2cc(-c3cccc4cccc(Cl)c34)c(Cl)cc12. The predicted molar refractivity (Wildman–Crippen MR) is 174 cm³/mol. The van der Waals surface area contributed by atoms with E-state index in [1.54, 1.807) is 0 Å². The number of nitrogens with zero attached hydrogens (tertiary/aromatic N) is 4. The molecule has 1 aromatic heterocycles. The summed E-state index contributed by atoms with van der Waals surface area (Å²) in [6.45, 7) is 6.27. The molecule has 7 nitrogen and oxygen atoms in total. The van der Waals surface area contributed by atoms with E-state index in [0.29, 0.717) is 51.9 Å². The fourth-order valence-corrected chi connectivity index (χ4v) is 6.97. The van der Waals surface area contributed by atoms with Crippen LogP contribution in [0.15, 0.2) is 61.2 Å². The number of likely N-dealkylation sites (tertiary alicyclic amines) is 2. The van der Waals surface area contributed by atoms with Crippen LogP contribution in [0.2, 0.25) is 10.0 Å². The molecule has 2 fully saturated rings. The molecule has 0 saturated carbocycles. The summed E-state index contributed by atoms with van der Waals surface area (Å²) in [6.07, 6.45) is 5.29. The van der Waals surface area contributed by atoms with Crippen molar-refractivity contribution in [1.82, 2.24) is 14.8 Å². The molecule has 2 atom stereocenters. The van der Waals surface area contributed by atoms with Crippen molar-refractivity contribution in [2.75, 3.05) is 38.6 Å². The first-order valence-corrected chi connectivity index (χ1v) is 15.4. The summed E-state index contributed by atoms with van der Waals surface area (Å²) in [5.74, 6) is 0.197. The fraction of sp³-hybridized carbons (Fsp3) is 0.324. The highest BCUT2D eigenvalue weighted by atomic mass is 35.5. The maximum atomic E-state index is 12.5. The Kier molecular flexibility index (Phi) is 8.45. The van der Waals surface area contributed by atoms with Crippen molar-refractivity contribution < 1.29 is 9.53 Å². The molecule has 0 bridgehead atoms. The molecule has 0 unspecified atom stereocenters. The van der Waals surface area contributed by atoms with Crippen molar-refractivity contribution in [3.05, 3.63) is 76.8 Å². The minimum absolute atomic E-state index is 0.0238. The van der Waals surface area contributed by atoms with Gasteiger partial charge in [-0.3, -0.25) is 4.79 Å². The zero-order valence-corrected chi connectivity index (χ0v) is 25.6. The van der Waals surface area contributed by atoms with Gasteiger partial charge in [-0.1, -0.05) is 60.1 Å². The van der Waals surface area contributed by atoms with Crippen molar-refractivity contribution in [2.24, 2.45) is 0 Å². The van der Waals surface area contributed by atoms with Gasteiger partial charge in [0.25, 0.3) is 0 Å². The average molecular weight is 615 g/mol. The number of benzene rings is 3. The van der Waals surface area contributed by atoms with Gasteiger partial charge in [0.15, 0.2) is 0 Å². The Hall–Kier alpha value is -3.83. The molecule has 1 N–H and O–H groups in total. The number of anilines is 1. The van der Waals surface area contributed by atoms with Crippen molar-refractivity contribution >= 4 is 56.5 Å². The minimum Gasteiger partial charge on any atom is -0.475 e. The molecule has 2 aliphatic rings. The number of pyridine rings is 1. The number of carbonyl (C=O) groups excluding carboxylic acids is 1. The monoisotopic (exact) mass is 613 g/mol. The molecule has 9 heteroatoms. The molecule has 43 heavy (non-hydrogen) atoms.